The van der Waals surface area contributed by atoms with E-state index in [2.05, 4.69) is 0 Å². The van der Waals surface area contributed by atoms with Crippen molar-refractivity contribution in [1.29, 1.82) is 0 Å². The minimum atomic E-state index is -0.106. The number of hydrogen-bond donors (Lipinski definition) is 0. The van der Waals surface area contributed by atoms with Gasteiger partial charge in [-0.15, -0.1) is 11.6 Å². The summed E-state index contributed by atoms with van der Waals surface area (Å²) in [7, 11) is 1.55. The van der Waals surface area contributed by atoms with E-state index in [1.165, 1.54) is 0 Å². The summed E-state index contributed by atoms with van der Waals surface area (Å²) in [4.78, 5) is 0. The first-order valence-electron chi connectivity index (χ1n) is 4.27. The molecule has 0 saturated carbocycles. The molecule has 0 fully saturated rings. The second-order valence-electron chi connectivity index (χ2n) is 2.88. The van der Waals surface area contributed by atoms with Crippen LogP contribution in [0.4, 0.5) is 0 Å². The number of halogens is 3. The van der Waals surface area contributed by atoms with Crippen LogP contribution in [-0.2, 0) is 0 Å². The van der Waals surface area contributed by atoms with Crippen molar-refractivity contribution < 1.29 is 4.74 Å². The molecule has 0 N–H and O–H groups in total. The minimum Gasteiger partial charge on any atom is -0.495 e. The lowest BCUT2D eigenvalue weighted by Crippen LogP contribution is -1.92. The summed E-state index contributed by atoms with van der Waals surface area (Å²) in [6.07, 6.45) is 0.809. The van der Waals surface area contributed by atoms with Crippen molar-refractivity contribution in [3.8, 4) is 5.75 Å². The Kier molecular flexibility index (Phi) is 4.36. The van der Waals surface area contributed by atoms with E-state index in [4.69, 9.17) is 39.5 Å². The molecule has 1 aromatic rings. The quantitative estimate of drug-likeness (QED) is 0.710. The Hall–Kier alpha value is -0.110. The zero-order chi connectivity index (χ0) is 10.7. The third-order valence-electron chi connectivity index (χ3n) is 1.97. The van der Waals surface area contributed by atoms with Gasteiger partial charge in [-0.25, -0.2) is 0 Å². The monoisotopic (exact) mass is 252 g/mol. The highest BCUT2D eigenvalue weighted by atomic mass is 35.5. The standard InChI is InChI=1S/C10H11Cl3O/c1-3-7(11)6-4-9(13)10(14-2)5-8(6)12/h4-5,7H,3H2,1-2H3. The molecule has 0 aliphatic carbocycles. The van der Waals surface area contributed by atoms with Crippen LogP contribution in [0.5, 0.6) is 5.75 Å². The molecule has 1 aromatic carbocycles. The van der Waals surface area contributed by atoms with Crippen LogP contribution >= 0.6 is 34.8 Å². The number of rotatable bonds is 3. The molecule has 14 heavy (non-hydrogen) atoms. The van der Waals surface area contributed by atoms with E-state index in [1.54, 1.807) is 19.2 Å². The molecule has 0 aliphatic heterocycles. The lowest BCUT2D eigenvalue weighted by Gasteiger charge is -2.12. The molecule has 0 amide bonds. The molecule has 78 valence electrons. The fourth-order valence-corrected chi connectivity index (χ4v) is 1.93. The van der Waals surface area contributed by atoms with Crippen LogP contribution in [0.1, 0.15) is 24.3 Å². The van der Waals surface area contributed by atoms with Crippen molar-refractivity contribution in [2.24, 2.45) is 0 Å². The van der Waals surface area contributed by atoms with Crippen LogP contribution in [-0.4, -0.2) is 7.11 Å². The van der Waals surface area contributed by atoms with Gasteiger partial charge in [0, 0.05) is 11.1 Å². The number of alkyl halides is 1. The predicted molar refractivity (Wildman–Crippen MR) is 61.9 cm³/mol. The Balaban J connectivity index is 3.14. The van der Waals surface area contributed by atoms with E-state index in [0.717, 1.165) is 12.0 Å². The molecule has 0 heterocycles. The Labute approximate surface area is 98.9 Å². The molecule has 0 saturated heterocycles. The smallest absolute Gasteiger partial charge is 0.138 e. The molecule has 0 aromatic heterocycles. The van der Waals surface area contributed by atoms with Crippen LogP contribution in [0.2, 0.25) is 10.0 Å². The lowest BCUT2D eigenvalue weighted by atomic mass is 10.1. The lowest BCUT2D eigenvalue weighted by molar-refractivity contribution is 0.415. The van der Waals surface area contributed by atoms with Crippen molar-refractivity contribution in [1.82, 2.24) is 0 Å². The SMILES string of the molecule is CCC(Cl)c1cc(Cl)c(OC)cc1Cl. The summed E-state index contributed by atoms with van der Waals surface area (Å²) in [5, 5.41) is 1.02. The van der Waals surface area contributed by atoms with Crippen LogP contribution < -0.4 is 4.74 Å². The third kappa shape index (κ3) is 2.47. The summed E-state index contributed by atoms with van der Waals surface area (Å²) in [6.45, 7) is 1.99. The molecule has 0 radical (unpaired) electrons. The van der Waals surface area contributed by atoms with Crippen LogP contribution in [0.15, 0.2) is 12.1 Å². The molecule has 0 aliphatic rings. The molecular weight excluding hydrogens is 242 g/mol. The van der Waals surface area contributed by atoms with Crippen molar-refractivity contribution in [3.63, 3.8) is 0 Å². The average molecular weight is 254 g/mol. The van der Waals surface area contributed by atoms with Gasteiger partial charge >= 0.3 is 0 Å². The summed E-state index contributed by atoms with van der Waals surface area (Å²) in [6, 6.07) is 3.44. The summed E-state index contributed by atoms with van der Waals surface area (Å²) in [5.74, 6) is 0.570. The van der Waals surface area contributed by atoms with E-state index >= 15 is 0 Å². The molecule has 1 nitrogen and oxygen atoms in total. The normalized spacial score (nSPS) is 12.6. The maximum absolute atomic E-state index is 6.08. The number of ether oxygens (including phenoxy) is 1. The van der Waals surface area contributed by atoms with Gasteiger partial charge < -0.3 is 4.74 Å². The van der Waals surface area contributed by atoms with E-state index in [1.807, 2.05) is 6.92 Å². The van der Waals surface area contributed by atoms with Gasteiger partial charge in [-0.05, 0) is 18.1 Å². The molecular formula is C10H11Cl3O. The Bertz CT molecular complexity index is 325. The Morgan fingerprint density at radius 3 is 2.43 bits per heavy atom. The first-order chi connectivity index (χ1) is 6.60. The minimum absolute atomic E-state index is 0.106. The zero-order valence-electron chi connectivity index (χ0n) is 7.98. The average Bonchev–Trinajstić information content (AvgIpc) is 2.19. The largest absolute Gasteiger partial charge is 0.495 e. The highest BCUT2D eigenvalue weighted by Gasteiger charge is 2.13. The van der Waals surface area contributed by atoms with Crippen molar-refractivity contribution in [2.45, 2.75) is 18.7 Å². The second kappa shape index (κ2) is 5.11. The highest BCUT2D eigenvalue weighted by molar-refractivity contribution is 6.35. The third-order valence-corrected chi connectivity index (χ3v) is 3.13. The Morgan fingerprint density at radius 2 is 1.93 bits per heavy atom. The van der Waals surface area contributed by atoms with Gasteiger partial charge in [0.15, 0.2) is 0 Å². The van der Waals surface area contributed by atoms with E-state index in [9.17, 15) is 0 Å². The van der Waals surface area contributed by atoms with Crippen LogP contribution in [0, 0.1) is 0 Å². The summed E-state index contributed by atoms with van der Waals surface area (Å²) in [5.41, 5.74) is 0.849. The van der Waals surface area contributed by atoms with Gasteiger partial charge in [0.05, 0.1) is 17.5 Å². The maximum Gasteiger partial charge on any atom is 0.138 e. The van der Waals surface area contributed by atoms with E-state index < -0.39 is 0 Å². The number of benzene rings is 1. The fraction of sp³-hybridized carbons (Fsp3) is 0.400. The molecule has 0 bridgehead atoms. The van der Waals surface area contributed by atoms with Gasteiger partial charge in [0.1, 0.15) is 5.75 Å². The molecule has 0 spiro atoms. The summed E-state index contributed by atoms with van der Waals surface area (Å²) < 4.78 is 5.03. The van der Waals surface area contributed by atoms with Crippen LogP contribution in [0.25, 0.3) is 0 Å². The topological polar surface area (TPSA) is 9.23 Å². The fourth-order valence-electron chi connectivity index (χ4n) is 1.16. The number of methoxy groups -OCH3 is 1. The van der Waals surface area contributed by atoms with Gasteiger partial charge in [-0.2, -0.15) is 0 Å². The molecule has 1 rings (SSSR count). The van der Waals surface area contributed by atoms with Gasteiger partial charge in [0.2, 0.25) is 0 Å². The van der Waals surface area contributed by atoms with E-state index in [0.29, 0.717) is 15.8 Å². The second-order valence-corrected chi connectivity index (χ2v) is 4.23. The van der Waals surface area contributed by atoms with Gasteiger partial charge in [0.25, 0.3) is 0 Å². The first-order valence-corrected chi connectivity index (χ1v) is 5.46. The molecule has 4 heteroatoms. The van der Waals surface area contributed by atoms with Crippen molar-refractivity contribution in [2.75, 3.05) is 7.11 Å². The van der Waals surface area contributed by atoms with E-state index in [-0.39, 0.29) is 5.38 Å². The highest BCUT2D eigenvalue weighted by Crippen LogP contribution is 2.37. The van der Waals surface area contributed by atoms with Crippen LogP contribution in [0.3, 0.4) is 0 Å². The molecule has 1 unspecified atom stereocenters. The zero-order valence-corrected chi connectivity index (χ0v) is 10.2. The first kappa shape index (κ1) is 12.0. The molecule has 1 atom stereocenters. The number of hydrogen-bond acceptors (Lipinski definition) is 1. The van der Waals surface area contributed by atoms with Crippen molar-refractivity contribution in [3.05, 3.63) is 27.7 Å². The van der Waals surface area contributed by atoms with Gasteiger partial charge in [-0.1, -0.05) is 30.1 Å². The summed E-state index contributed by atoms with van der Waals surface area (Å²) >= 11 is 18.1. The van der Waals surface area contributed by atoms with Crippen molar-refractivity contribution >= 4 is 34.8 Å². The maximum atomic E-state index is 6.08. The van der Waals surface area contributed by atoms with Gasteiger partial charge in [-0.3, -0.25) is 0 Å². The Morgan fingerprint density at radius 1 is 1.29 bits per heavy atom. The predicted octanol–water partition coefficient (Wildman–Crippen LogP) is 4.69.